The quantitative estimate of drug-likeness (QED) is 0.592. The van der Waals surface area contributed by atoms with Crippen LogP contribution in [0.25, 0.3) is 10.9 Å². The van der Waals surface area contributed by atoms with Crippen molar-refractivity contribution in [2.45, 2.75) is 23.2 Å². The maximum atomic E-state index is 6.17. The Hall–Kier alpha value is -1.92. The summed E-state index contributed by atoms with van der Waals surface area (Å²) in [5, 5.41) is 6.35. The van der Waals surface area contributed by atoms with E-state index in [9.17, 15) is 0 Å². The van der Waals surface area contributed by atoms with Crippen molar-refractivity contribution >= 4 is 22.7 Å². The third-order valence-electron chi connectivity index (χ3n) is 3.28. The van der Waals surface area contributed by atoms with Gasteiger partial charge in [-0.05, 0) is 13.0 Å². The second-order valence-corrected chi connectivity index (χ2v) is 6.17. The second-order valence-electron chi connectivity index (χ2n) is 5.04. The number of thioether (sulfide) groups is 1. The molecule has 6 heteroatoms. The Morgan fingerprint density at radius 2 is 2.05 bits per heavy atom. The molecule has 21 heavy (non-hydrogen) atoms. The Morgan fingerprint density at radius 3 is 2.76 bits per heavy atom. The zero-order chi connectivity index (χ0) is 14.8. The predicted molar refractivity (Wildman–Crippen MR) is 85.0 cm³/mol. The van der Waals surface area contributed by atoms with Crippen molar-refractivity contribution in [3.05, 3.63) is 48.5 Å². The van der Waals surface area contributed by atoms with Crippen molar-refractivity contribution in [1.29, 1.82) is 0 Å². The minimum atomic E-state index is -0.00655. The molecule has 3 aromatic rings. The standard InChI is InChI=1S/C15H17N5S/c1-10(16)14(11-7-19-20(2)8-11)21-15-12-5-3-4-6-13(12)17-9-18-15/h3-10,14H,16H2,1-2H3. The van der Waals surface area contributed by atoms with Gasteiger partial charge in [-0.1, -0.05) is 30.0 Å². The Labute approximate surface area is 127 Å². The Morgan fingerprint density at radius 1 is 1.24 bits per heavy atom. The predicted octanol–water partition coefficient (Wildman–Crippen LogP) is 2.54. The van der Waals surface area contributed by atoms with Crippen molar-refractivity contribution in [1.82, 2.24) is 19.7 Å². The Kier molecular flexibility index (Phi) is 3.90. The topological polar surface area (TPSA) is 69.6 Å². The van der Waals surface area contributed by atoms with Gasteiger partial charge in [0.05, 0.1) is 17.0 Å². The number of hydrogen-bond donors (Lipinski definition) is 1. The molecule has 2 aromatic heterocycles. The van der Waals surface area contributed by atoms with Crippen LogP contribution in [0.15, 0.2) is 48.0 Å². The highest BCUT2D eigenvalue weighted by atomic mass is 32.2. The van der Waals surface area contributed by atoms with E-state index in [1.165, 1.54) is 0 Å². The lowest BCUT2D eigenvalue weighted by molar-refractivity contribution is 0.717. The fourth-order valence-corrected chi connectivity index (χ4v) is 3.38. The van der Waals surface area contributed by atoms with Gasteiger partial charge in [0.1, 0.15) is 11.4 Å². The summed E-state index contributed by atoms with van der Waals surface area (Å²) >= 11 is 1.66. The van der Waals surface area contributed by atoms with Crippen molar-refractivity contribution in [3.8, 4) is 0 Å². The maximum absolute atomic E-state index is 6.17. The van der Waals surface area contributed by atoms with E-state index in [0.717, 1.165) is 21.5 Å². The van der Waals surface area contributed by atoms with Gasteiger partial charge in [-0.25, -0.2) is 9.97 Å². The number of para-hydroxylation sites is 1. The van der Waals surface area contributed by atoms with Gasteiger partial charge in [-0.3, -0.25) is 4.68 Å². The van der Waals surface area contributed by atoms with E-state index in [1.807, 2.05) is 50.6 Å². The lowest BCUT2D eigenvalue weighted by Gasteiger charge is -2.19. The molecule has 0 saturated heterocycles. The molecule has 2 atom stereocenters. The molecule has 1 aromatic carbocycles. The molecule has 3 rings (SSSR count). The highest BCUT2D eigenvalue weighted by Crippen LogP contribution is 2.38. The highest BCUT2D eigenvalue weighted by molar-refractivity contribution is 7.99. The summed E-state index contributed by atoms with van der Waals surface area (Å²) in [5.74, 6) is 0. The molecular formula is C15H17N5S. The zero-order valence-electron chi connectivity index (χ0n) is 12.0. The third kappa shape index (κ3) is 2.91. The molecule has 0 aliphatic carbocycles. The Balaban J connectivity index is 1.99. The van der Waals surface area contributed by atoms with Gasteiger partial charge in [0.15, 0.2) is 0 Å². The van der Waals surface area contributed by atoms with Crippen LogP contribution in [0.2, 0.25) is 0 Å². The molecule has 0 fully saturated rings. The van der Waals surface area contributed by atoms with Crippen LogP contribution in [0.4, 0.5) is 0 Å². The Bertz CT molecular complexity index is 747. The molecule has 0 amide bonds. The number of rotatable bonds is 4. The largest absolute Gasteiger partial charge is 0.327 e. The van der Waals surface area contributed by atoms with Gasteiger partial charge >= 0.3 is 0 Å². The lowest BCUT2D eigenvalue weighted by Crippen LogP contribution is -2.22. The molecule has 0 aliphatic rings. The molecule has 0 spiro atoms. The minimum absolute atomic E-state index is 0.00655. The van der Waals surface area contributed by atoms with E-state index in [2.05, 4.69) is 15.1 Å². The van der Waals surface area contributed by atoms with Gasteiger partial charge in [-0.15, -0.1) is 0 Å². The van der Waals surface area contributed by atoms with Gasteiger partial charge in [0.25, 0.3) is 0 Å². The summed E-state index contributed by atoms with van der Waals surface area (Å²) in [6.07, 6.45) is 5.47. The summed E-state index contributed by atoms with van der Waals surface area (Å²) in [4.78, 5) is 8.73. The van der Waals surface area contributed by atoms with Gasteiger partial charge in [0.2, 0.25) is 0 Å². The van der Waals surface area contributed by atoms with Crippen LogP contribution < -0.4 is 5.73 Å². The van der Waals surface area contributed by atoms with Gasteiger partial charge < -0.3 is 5.73 Å². The fraction of sp³-hybridized carbons (Fsp3) is 0.267. The monoisotopic (exact) mass is 299 g/mol. The van der Waals surface area contributed by atoms with Crippen molar-refractivity contribution in [3.63, 3.8) is 0 Å². The van der Waals surface area contributed by atoms with E-state index < -0.39 is 0 Å². The van der Waals surface area contributed by atoms with Crippen molar-refractivity contribution < 1.29 is 0 Å². The molecule has 5 nitrogen and oxygen atoms in total. The number of nitrogens with two attached hydrogens (primary N) is 1. The van der Waals surface area contributed by atoms with Crippen LogP contribution in [0.1, 0.15) is 17.7 Å². The van der Waals surface area contributed by atoms with Crippen molar-refractivity contribution in [2.75, 3.05) is 0 Å². The minimum Gasteiger partial charge on any atom is -0.327 e. The first kappa shape index (κ1) is 14.0. The first-order valence-corrected chi connectivity index (χ1v) is 7.63. The number of benzene rings is 1. The van der Waals surface area contributed by atoms with Crippen molar-refractivity contribution in [2.24, 2.45) is 12.8 Å². The first-order chi connectivity index (χ1) is 10.1. The molecule has 0 aliphatic heterocycles. The lowest BCUT2D eigenvalue weighted by atomic mass is 10.1. The molecule has 2 heterocycles. The maximum Gasteiger partial charge on any atom is 0.117 e. The third-order valence-corrected chi connectivity index (χ3v) is 4.78. The van der Waals surface area contributed by atoms with Crippen LogP contribution in [0.3, 0.4) is 0 Å². The van der Waals surface area contributed by atoms with E-state index in [-0.39, 0.29) is 11.3 Å². The number of aromatic nitrogens is 4. The molecule has 0 saturated carbocycles. The average molecular weight is 299 g/mol. The van der Waals surface area contributed by atoms with Crippen LogP contribution >= 0.6 is 11.8 Å². The summed E-state index contributed by atoms with van der Waals surface area (Å²) in [6.45, 7) is 2.01. The van der Waals surface area contributed by atoms with Crippen LogP contribution in [-0.4, -0.2) is 25.8 Å². The zero-order valence-corrected chi connectivity index (χ0v) is 12.8. The number of nitrogens with zero attached hydrogens (tertiary/aromatic N) is 4. The number of hydrogen-bond acceptors (Lipinski definition) is 5. The normalized spacial score (nSPS) is 14.2. The van der Waals surface area contributed by atoms with E-state index in [0.29, 0.717) is 0 Å². The van der Waals surface area contributed by atoms with E-state index in [1.54, 1.807) is 22.8 Å². The second kappa shape index (κ2) is 5.83. The molecule has 2 unspecified atom stereocenters. The summed E-state index contributed by atoms with van der Waals surface area (Å²) < 4.78 is 1.79. The summed E-state index contributed by atoms with van der Waals surface area (Å²) in [6, 6.07) is 8.01. The number of aryl methyl sites for hydroxylation is 1. The number of fused-ring (bicyclic) bond motifs is 1. The van der Waals surface area contributed by atoms with Gasteiger partial charge in [-0.2, -0.15) is 5.10 Å². The average Bonchev–Trinajstić information content (AvgIpc) is 2.90. The smallest absolute Gasteiger partial charge is 0.117 e. The van der Waals surface area contributed by atoms with Crippen LogP contribution in [-0.2, 0) is 7.05 Å². The van der Waals surface area contributed by atoms with Gasteiger partial charge in [0, 0.05) is 30.2 Å². The summed E-state index contributed by atoms with van der Waals surface area (Å²) in [5.41, 5.74) is 8.23. The van der Waals surface area contributed by atoms with E-state index >= 15 is 0 Å². The molecule has 108 valence electrons. The SMILES string of the molecule is CC(N)C(Sc1ncnc2ccccc12)c1cnn(C)c1. The fourth-order valence-electron chi connectivity index (χ4n) is 2.26. The molecule has 0 radical (unpaired) electrons. The molecule has 0 bridgehead atoms. The summed E-state index contributed by atoms with van der Waals surface area (Å²) in [7, 11) is 1.91. The highest BCUT2D eigenvalue weighted by Gasteiger charge is 2.21. The van der Waals surface area contributed by atoms with E-state index in [4.69, 9.17) is 5.73 Å². The molecule has 2 N–H and O–H groups in total. The molecular weight excluding hydrogens is 282 g/mol. The van der Waals surface area contributed by atoms with Crippen LogP contribution in [0.5, 0.6) is 0 Å². The van der Waals surface area contributed by atoms with Crippen LogP contribution in [0, 0.1) is 0 Å². The first-order valence-electron chi connectivity index (χ1n) is 6.75.